The van der Waals surface area contributed by atoms with Crippen LogP contribution >= 0.6 is 11.3 Å². The summed E-state index contributed by atoms with van der Waals surface area (Å²) in [5.41, 5.74) is 0.286. The van der Waals surface area contributed by atoms with Gasteiger partial charge in [-0.3, -0.25) is 0 Å². The van der Waals surface area contributed by atoms with Crippen molar-refractivity contribution >= 4 is 23.3 Å². The van der Waals surface area contributed by atoms with Crippen molar-refractivity contribution in [2.24, 2.45) is 0 Å². The molecule has 0 aliphatic heterocycles. The molecule has 1 aromatic rings. The van der Waals surface area contributed by atoms with Gasteiger partial charge in [0.2, 0.25) is 0 Å². The number of carboxylic acids is 1. The molecule has 0 spiro atoms. The third-order valence-electron chi connectivity index (χ3n) is 3.52. The first-order valence-corrected chi connectivity index (χ1v) is 9.25. The zero-order valence-corrected chi connectivity index (χ0v) is 14.8. The van der Waals surface area contributed by atoms with Crippen molar-refractivity contribution in [3.63, 3.8) is 0 Å². The summed E-state index contributed by atoms with van der Waals surface area (Å²) in [6.07, 6.45) is 10.0. The number of ether oxygens (including phenoxy) is 2. The lowest BCUT2D eigenvalue weighted by Gasteiger charge is -2.04. The number of carbonyl (C=O) groups is 2. The lowest BCUT2D eigenvalue weighted by molar-refractivity contribution is -0.137. The van der Waals surface area contributed by atoms with Crippen LogP contribution in [0.15, 0.2) is 24.1 Å². The second-order valence-corrected chi connectivity index (χ2v) is 6.38. The third-order valence-corrected chi connectivity index (χ3v) is 4.36. The maximum absolute atomic E-state index is 10.8. The Balaban J connectivity index is 1.86. The molecule has 24 heavy (non-hydrogen) atoms. The van der Waals surface area contributed by atoms with Gasteiger partial charge in [-0.15, -0.1) is 11.3 Å². The first kappa shape index (κ1) is 20.2. The zero-order chi connectivity index (χ0) is 17.6. The van der Waals surface area contributed by atoms with Crippen molar-refractivity contribution in [1.82, 2.24) is 0 Å². The number of thiophene rings is 1. The highest BCUT2D eigenvalue weighted by molar-refractivity contribution is 7.12. The summed E-state index contributed by atoms with van der Waals surface area (Å²) < 4.78 is 10.5. The van der Waals surface area contributed by atoms with E-state index in [9.17, 15) is 9.59 Å². The Morgan fingerprint density at radius 2 is 1.62 bits per heavy atom. The molecule has 134 valence electrons. The van der Waals surface area contributed by atoms with E-state index in [0.717, 1.165) is 32.1 Å². The molecule has 6 heteroatoms. The number of aromatic carboxylic acids is 1. The minimum absolute atomic E-state index is 0.286. The molecule has 5 nitrogen and oxygen atoms in total. The zero-order valence-electron chi connectivity index (χ0n) is 14.0. The second-order valence-electron chi connectivity index (χ2n) is 5.51. The van der Waals surface area contributed by atoms with Crippen LogP contribution in [0.25, 0.3) is 0 Å². The third kappa shape index (κ3) is 9.35. The van der Waals surface area contributed by atoms with Gasteiger partial charge in [0.1, 0.15) is 0 Å². The lowest BCUT2D eigenvalue weighted by atomic mass is 10.1. The molecule has 1 N–H and O–H groups in total. The molecule has 1 heterocycles. The van der Waals surface area contributed by atoms with E-state index in [1.54, 1.807) is 11.4 Å². The van der Waals surface area contributed by atoms with Gasteiger partial charge < -0.3 is 14.6 Å². The molecule has 0 aliphatic rings. The first-order valence-electron chi connectivity index (χ1n) is 8.37. The molecule has 0 bridgehead atoms. The summed E-state index contributed by atoms with van der Waals surface area (Å²) >= 11 is 1.32. The Bertz CT molecular complexity index is 509. The van der Waals surface area contributed by atoms with Crippen LogP contribution in [0.2, 0.25) is 0 Å². The van der Waals surface area contributed by atoms with Crippen LogP contribution in [0.4, 0.5) is 0 Å². The fourth-order valence-corrected chi connectivity index (χ4v) is 2.93. The van der Waals surface area contributed by atoms with Crippen LogP contribution in [0, 0.1) is 0 Å². The van der Waals surface area contributed by atoms with Crippen molar-refractivity contribution < 1.29 is 24.2 Å². The Kier molecular flexibility index (Phi) is 10.6. The van der Waals surface area contributed by atoms with Gasteiger partial charge in [0.25, 0.3) is 0 Å². The molecule has 0 saturated heterocycles. The molecule has 0 radical (unpaired) electrons. The molecule has 0 atom stereocenters. The van der Waals surface area contributed by atoms with Crippen LogP contribution < -0.4 is 4.74 Å². The number of hydrogen-bond acceptors (Lipinski definition) is 5. The van der Waals surface area contributed by atoms with Gasteiger partial charge in [-0.2, -0.15) is 0 Å². The van der Waals surface area contributed by atoms with Crippen LogP contribution in [0.3, 0.4) is 0 Å². The summed E-state index contributed by atoms with van der Waals surface area (Å²) in [6.45, 7) is 4.46. The Morgan fingerprint density at radius 3 is 2.17 bits per heavy atom. The van der Waals surface area contributed by atoms with Crippen molar-refractivity contribution in [3.8, 4) is 5.06 Å². The predicted octanol–water partition coefficient (Wildman–Crippen LogP) is 4.68. The number of rotatable bonds is 14. The fourth-order valence-electron chi connectivity index (χ4n) is 2.17. The minimum atomic E-state index is -0.917. The van der Waals surface area contributed by atoms with Crippen LogP contribution in [-0.4, -0.2) is 30.3 Å². The number of hydrogen-bond donors (Lipinski definition) is 1. The standard InChI is InChI=1S/C18H26O5S/c1-2-16(19)22-11-9-7-5-3-4-6-8-10-12-23-17-13-15(14-24-17)18(20)21/h2,13-14H,1,3-12H2,(H,20,21). The summed E-state index contributed by atoms with van der Waals surface area (Å²) in [5.74, 6) is -1.26. The molecule has 1 rings (SSSR count). The number of esters is 1. The summed E-state index contributed by atoms with van der Waals surface area (Å²) in [6, 6.07) is 1.57. The van der Waals surface area contributed by atoms with E-state index in [-0.39, 0.29) is 11.5 Å². The molecule has 0 aromatic carbocycles. The highest BCUT2D eigenvalue weighted by atomic mass is 32.1. The van der Waals surface area contributed by atoms with E-state index < -0.39 is 5.97 Å². The van der Waals surface area contributed by atoms with Crippen molar-refractivity contribution in [3.05, 3.63) is 29.7 Å². The van der Waals surface area contributed by atoms with E-state index in [1.807, 2.05) is 0 Å². The number of carbonyl (C=O) groups excluding carboxylic acids is 1. The SMILES string of the molecule is C=CC(=O)OCCCCCCCCCCOc1cc(C(=O)O)cs1. The normalized spacial score (nSPS) is 10.3. The smallest absolute Gasteiger partial charge is 0.336 e. The fraction of sp³-hybridized carbons (Fsp3) is 0.556. The largest absolute Gasteiger partial charge is 0.484 e. The van der Waals surface area contributed by atoms with E-state index in [4.69, 9.17) is 14.6 Å². The van der Waals surface area contributed by atoms with Crippen molar-refractivity contribution in [1.29, 1.82) is 0 Å². The van der Waals surface area contributed by atoms with E-state index in [1.165, 1.54) is 36.7 Å². The Hall–Kier alpha value is -1.82. The molecule has 1 aromatic heterocycles. The Morgan fingerprint density at radius 1 is 1.04 bits per heavy atom. The average molecular weight is 354 g/mol. The summed E-state index contributed by atoms with van der Waals surface area (Å²) in [5, 5.41) is 11.1. The molecular weight excluding hydrogens is 328 g/mol. The summed E-state index contributed by atoms with van der Waals surface area (Å²) in [7, 11) is 0. The van der Waals surface area contributed by atoms with Crippen LogP contribution in [0.1, 0.15) is 61.7 Å². The maximum atomic E-state index is 10.8. The predicted molar refractivity (Wildman–Crippen MR) is 94.9 cm³/mol. The highest BCUT2D eigenvalue weighted by Crippen LogP contribution is 2.23. The topological polar surface area (TPSA) is 72.8 Å². The summed E-state index contributed by atoms with van der Waals surface area (Å²) in [4.78, 5) is 21.6. The van der Waals surface area contributed by atoms with Crippen molar-refractivity contribution in [2.75, 3.05) is 13.2 Å². The van der Waals surface area contributed by atoms with Crippen LogP contribution in [0.5, 0.6) is 5.06 Å². The second kappa shape index (κ2) is 12.6. The Labute approximate surface area is 147 Å². The molecule has 0 amide bonds. The van der Waals surface area contributed by atoms with Gasteiger partial charge >= 0.3 is 11.9 Å². The van der Waals surface area contributed by atoms with Gasteiger partial charge in [0, 0.05) is 17.5 Å². The van der Waals surface area contributed by atoms with E-state index in [0.29, 0.717) is 18.3 Å². The molecule has 0 aliphatic carbocycles. The molecular formula is C18H26O5S. The molecule has 0 unspecified atom stereocenters. The molecule has 0 saturated carbocycles. The lowest BCUT2D eigenvalue weighted by Crippen LogP contribution is -2.01. The van der Waals surface area contributed by atoms with E-state index in [2.05, 4.69) is 6.58 Å². The van der Waals surface area contributed by atoms with Gasteiger partial charge in [-0.1, -0.05) is 45.1 Å². The monoisotopic (exact) mass is 354 g/mol. The van der Waals surface area contributed by atoms with Gasteiger partial charge in [-0.05, 0) is 12.8 Å². The van der Waals surface area contributed by atoms with Gasteiger partial charge in [-0.25, -0.2) is 9.59 Å². The van der Waals surface area contributed by atoms with Gasteiger partial charge in [0.05, 0.1) is 18.8 Å². The minimum Gasteiger partial charge on any atom is -0.484 e. The van der Waals surface area contributed by atoms with Crippen molar-refractivity contribution in [2.45, 2.75) is 51.4 Å². The number of carboxylic acid groups (broad SMARTS) is 1. The van der Waals surface area contributed by atoms with Gasteiger partial charge in [0.15, 0.2) is 5.06 Å². The van der Waals surface area contributed by atoms with Crippen LogP contribution in [-0.2, 0) is 9.53 Å². The average Bonchev–Trinajstić information content (AvgIpc) is 3.04. The highest BCUT2D eigenvalue weighted by Gasteiger charge is 2.06. The molecule has 0 fully saturated rings. The maximum Gasteiger partial charge on any atom is 0.336 e. The van der Waals surface area contributed by atoms with E-state index >= 15 is 0 Å². The quantitative estimate of drug-likeness (QED) is 0.298. The first-order chi connectivity index (χ1) is 11.6. The number of unbranched alkanes of at least 4 members (excludes halogenated alkanes) is 7.